The van der Waals surface area contributed by atoms with Crippen molar-refractivity contribution in [2.45, 2.75) is 0 Å². The number of hydrogen-bond donors (Lipinski definition) is 1. The Labute approximate surface area is 104 Å². The van der Waals surface area contributed by atoms with E-state index >= 15 is 0 Å². The normalized spacial score (nSPS) is 9.61. The van der Waals surface area contributed by atoms with Gasteiger partial charge in [-0.2, -0.15) is 0 Å². The molecule has 0 aliphatic rings. The Kier molecular flexibility index (Phi) is 3.76. The molecule has 0 bridgehead atoms. The quantitative estimate of drug-likeness (QED) is 0.901. The van der Waals surface area contributed by atoms with E-state index in [0.29, 0.717) is 17.2 Å². The molecule has 0 unspecified atom stereocenters. The summed E-state index contributed by atoms with van der Waals surface area (Å²) in [5.41, 5.74) is 0.600. The van der Waals surface area contributed by atoms with Gasteiger partial charge in [-0.3, -0.25) is 10.3 Å². The van der Waals surface area contributed by atoms with Gasteiger partial charge in [0.25, 0.3) is 0 Å². The van der Waals surface area contributed by atoms with Crippen LogP contribution in [0, 0.1) is 0 Å². The molecule has 1 aromatic carbocycles. The number of anilines is 1. The van der Waals surface area contributed by atoms with E-state index in [4.69, 9.17) is 9.47 Å². The highest BCUT2D eigenvalue weighted by Crippen LogP contribution is 2.17. The lowest BCUT2D eigenvalue weighted by molar-refractivity contribution is 0.215. The van der Waals surface area contributed by atoms with Crippen molar-refractivity contribution in [1.82, 2.24) is 4.98 Å². The van der Waals surface area contributed by atoms with Gasteiger partial charge < -0.3 is 9.47 Å². The maximum atomic E-state index is 11.6. The number of carbonyl (C=O) groups is 1. The van der Waals surface area contributed by atoms with Gasteiger partial charge >= 0.3 is 6.09 Å². The zero-order chi connectivity index (χ0) is 12.8. The molecular weight excluding hydrogens is 232 g/mol. The summed E-state index contributed by atoms with van der Waals surface area (Å²) < 4.78 is 10.1. The number of carbonyl (C=O) groups excluding carboxylic acids is 1. The van der Waals surface area contributed by atoms with E-state index in [1.807, 2.05) is 0 Å². The SMILES string of the molecule is COc1cccc(NC(=O)Oc2cccnc2)c1. The zero-order valence-corrected chi connectivity index (χ0v) is 9.79. The standard InChI is InChI=1S/C13H12N2O3/c1-17-11-5-2-4-10(8-11)15-13(16)18-12-6-3-7-14-9-12/h2-9H,1H3,(H,15,16). The molecule has 0 atom stereocenters. The summed E-state index contributed by atoms with van der Waals surface area (Å²) in [6, 6.07) is 10.3. The minimum atomic E-state index is -0.573. The first-order valence-corrected chi connectivity index (χ1v) is 5.31. The van der Waals surface area contributed by atoms with Gasteiger partial charge in [0.15, 0.2) is 5.75 Å². The average Bonchev–Trinajstić information content (AvgIpc) is 2.40. The summed E-state index contributed by atoms with van der Waals surface area (Å²) in [6.07, 6.45) is 2.49. The van der Waals surface area contributed by atoms with Crippen LogP contribution in [0.5, 0.6) is 11.5 Å². The maximum Gasteiger partial charge on any atom is 0.417 e. The Hall–Kier alpha value is -2.56. The predicted octanol–water partition coefficient (Wildman–Crippen LogP) is 2.70. The molecule has 0 spiro atoms. The van der Waals surface area contributed by atoms with Crippen LogP contribution in [0.1, 0.15) is 0 Å². The smallest absolute Gasteiger partial charge is 0.417 e. The minimum Gasteiger partial charge on any atom is -0.497 e. The van der Waals surface area contributed by atoms with E-state index in [-0.39, 0.29) is 0 Å². The second kappa shape index (κ2) is 5.67. The molecule has 0 saturated carbocycles. The van der Waals surface area contributed by atoms with Crippen molar-refractivity contribution >= 4 is 11.8 Å². The first kappa shape index (κ1) is 11.9. The van der Waals surface area contributed by atoms with Gasteiger partial charge in [0.1, 0.15) is 5.75 Å². The second-order valence-corrected chi connectivity index (χ2v) is 3.44. The Morgan fingerprint density at radius 3 is 2.78 bits per heavy atom. The van der Waals surface area contributed by atoms with Crippen LogP contribution in [0.25, 0.3) is 0 Å². The average molecular weight is 244 g/mol. The number of pyridine rings is 1. The van der Waals surface area contributed by atoms with E-state index in [1.54, 1.807) is 49.7 Å². The van der Waals surface area contributed by atoms with Crippen LogP contribution in [0.15, 0.2) is 48.8 Å². The number of benzene rings is 1. The highest BCUT2D eigenvalue weighted by molar-refractivity contribution is 5.86. The molecule has 5 heteroatoms. The number of aromatic nitrogens is 1. The number of nitrogens with one attached hydrogen (secondary N) is 1. The molecule has 5 nitrogen and oxygen atoms in total. The van der Waals surface area contributed by atoms with Crippen molar-refractivity contribution < 1.29 is 14.3 Å². The Morgan fingerprint density at radius 1 is 1.22 bits per heavy atom. The molecule has 1 N–H and O–H groups in total. The fourth-order valence-corrected chi connectivity index (χ4v) is 1.36. The molecule has 1 amide bonds. The van der Waals surface area contributed by atoms with Crippen LogP contribution in [-0.2, 0) is 0 Å². The van der Waals surface area contributed by atoms with Crippen LogP contribution in [0.2, 0.25) is 0 Å². The number of nitrogens with zero attached hydrogens (tertiary/aromatic N) is 1. The van der Waals surface area contributed by atoms with Crippen molar-refractivity contribution in [1.29, 1.82) is 0 Å². The summed E-state index contributed by atoms with van der Waals surface area (Å²) in [4.78, 5) is 15.4. The first-order valence-electron chi connectivity index (χ1n) is 5.31. The van der Waals surface area contributed by atoms with Crippen molar-refractivity contribution in [3.63, 3.8) is 0 Å². The van der Waals surface area contributed by atoms with Gasteiger partial charge in [0.05, 0.1) is 13.3 Å². The molecule has 0 saturated heterocycles. The molecule has 0 radical (unpaired) electrons. The predicted molar refractivity (Wildman–Crippen MR) is 66.9 cm³/mol. The third-order valence-electron chi connectivity index (χ3n) is 2.16. The first-order chi connectivity index (χ1) is 8.78. The lowest BCUT2D eigenvalue weighted by atomic mass is 10.3. The second-order valence-electron chi connectivity index (χ2n) is 3.44. The Bertz CT molecular complexity index is 529. The molecule has 0 fully saturated rings. The van der Waals surface area contributed by atoms with E-state index < -0.39 is 6.09 Å². The van der Waals surface area contributed by atoms with Crippen LogP contribution in [0.4, 0.5) is 10.5 Å². The van der Waals surface area contributed by atoms with E-state index in [0.717, 1.165) is 0 Å². The number of methoxy groups -OCH3 is 1. The maximum absolute atomic E-state index is 11.6. The van der Waals surface area contributed by atoms with Crippen LogP contribution < -0.4 is 14.8 Å². The summed E-state index contributed by atoms with van der Waals surface area (Å²) in [5.74, 6) is 1.05. The molecule has 1 heterocycles. The third kappa shape index (κ3) is 3.21. The monoisotopic (exact) mass is 244 g/mol. The summed E-state index contributed by atoms with van der Waals surface area (Å²) >= 11 is 0. The minimum absolute atomic E-state index is 0.387. The van der Waals surface area contributed by atoms with E-state index in [1.165, 1.54) is 6.20 Å². The zero-order valence-electron chi connectivity index (χ0n) is 9.79. The molecule has 0 aliphatic heterocycles. The highest BCUT2D eigenvalue weighted by atomic mass is 16.6. The van der Waals surface area contributed by atoms with Gasteiger partial charge in [-0.05, 0) is 24.3 Å². The summed E-state index contributed by atoms with van der Waals surface area (Å²) in [5, 5.41) is 2.60. The number of rotatable bonds is 3. The van der Waals surface area contributed by atoms with Crippen molar-refractivity contribution in [2.75, 3.05) is 12.4 Å². The van der Waals surface area contributed by atoms with Gasteiger partial charge in [-0.25, -0.2) is 4.79 Å². The van der Waals surface area contributed by atoms with Crippen LogP contribution in [-0.4, -0.2) is 18.2 Å². The molecule has 2 rings (SSSR count). The molecule has 1 aromatic heterocycles. The molecule has 0 aliphatic carbocycles. The van der Waals surface area contributed by atoms with E-state index in [9.17, 15) is 4.79 Å². The largest absolute Gasteiger partial charge is 0.497 e. The number of hydrogen-bond acceptors (Lipinski definition) is 4. The summed E-state index contributed by atoms with van der Waals surface area (Å²) in [6.45, 7) is 0. The van der Waals surface area contributed by atoms with Gasteiger partial charge in [0, 0.05) is 18.0 Å². The van der Waals surface area contributed by atoms with Gasteiger partial charge in [-0.1, -0.05) is 6.07 Å². The fourth-order valence-electron chi connectivity index (χ4n) is 1.36. The van der Waals surface area contributed by atoms with Crippen molar-refractivity contribution in [3.8, 4) is 11.5 Å². The van der Waals surface area contributed by atoms with Crippen LogP contribution >= 0.6 is 0 Å². The van der Waals surface area contributed by atoms with Crippen molar-refractivity contribution in [3.05, 3.63) is 48.8 Å². The highest BCUT2D eigenvalue weighted by Gasteiger charge is 2.05. The summed E-state index contributed by atoms with van der Waals surface area (Å²) in [7, 11) is 1.56. The van der Waals surface area contributed by atoms with Crippen molar-refractivity contribution in [2.24, 2.45) is 0 Å². The fraction of sp³-hybridized carbons (Fsp3) is 0.0769. The molecule has 18 heavy (non-hydrogen) atoms. The number of ether oxygens (including phenoxy) is 2. The molecule has 2 aromatic rings. The van der Waals surface area contributed by atoms with Gasteiger partial charge in [0.2, 0.25) is 0 Å². The lowest BCUT2D eigenvalue weighted by Gasteiger charge is -2.07. The topological polar surface area (TPSA) is 60.5 Å². The van der Waals surface area contributed by atoms with Gasteiger partial charge in [-0.15, -0.1) is 0 Å². The van der Waals surface area contributed by atoms with E-state index in [2.05, 4.69) is 10.3 Å². The Balaban J connectivity index is 1.99. The Morgan fingerprint density at radius 2 is 2.06 bits per heavy atom. The third-order valence-corrected chi connectivity index (χ3v) is 2.16. The lowest BCUT2D eigenvalue weighted by Crippen LogP contribution is -2.16. The number of amides is 1. The molecular formula is C13H12N2O3. The van der Waals surface area contributed by atoms with Crippen LogP contribution in [0.3, 0.4) is 0 Å². The molecule has 92 valence electrons.